The maximum atomic E-state index is 12.3. The minimum Gasteiger partial charge on any atom is -0.393 e. The van der Waals surface area contributed by atoms with Crippen molar-refractivity contribution in [1.29, 1.82) is 0 Å². The molecule has 2 rings (SSSR count). The molecule has 2 aliphatic carbocycles. The lowest BCUT2D eigenvalue weighted by molar-refractivity contribution is -0.135. The quantitative estimate of drug-likeness (QED) is 0.761. The first-order valence-electron chi connectivity index (χ1n) is 6.61. The summed E-state index contributed by atoms with van der Waals surface area (Å²) in [5.74, 6) is 2.43. The summed E-state index contributed by atoms with van der Waals surface area (Å²) in [6, 6.07) is 0. The fourth-order valence-electron chi connectivity index (χ4n) is 2.97. The zero-order valence-electron chi connectivity index (χ0n) is 10.7. The Hall–Kier alpha value is -0.640. The highest BCUT2D eigenvalue weighted by molar-refractivity contribution is 7.80. The number of fused-ring (bicyclic) bond motifs is 1. The van der Waals surface area contributed by atoms with Gasteiger partial charge in [-0.3, -0.25) is 4.79 Å². The standard InChI is InChI=1S/C13H22N2OS/c1-3-15(7-8(2)12(14)17)13(16)11-5-9-4-10(9)6-11/h8-11H,3-7H2,1-2H3,(H2,14,17). The van der Waals surface area contributed by atoms with Crippen molar-refractivity contribution in [2.75, 3.05) is 13.1 Å². The van der Waals surface area contributed by atoms with E-state index in [1.807, 2.05) is 18.7 Å². The van der Waals surface area contributed by atoms with Gasteiger partial charge in [0.1, 0.15) is 0 Å². The molecule has 2 fully saturated rings. The molecule has 17 heavy (non-hydrogen) atoms. The first kappa shape index (κ1) is 12.8. The van der Waals surface area contributed by atoms with E-state index in [-0.39, 0.29) is 11.8 Å². The molecule has 2 saturated carbocycles. The van der Waals surface area contributed by atoms with E-state index in [0.29, 0.717) is 17.4 Å². The van der Waals surface area contributed by atoms with Crippen LogP contribution in [0.3, 0.4) is 0 Å². The lowest BCUT2D eigenvalue weighted by Crippen LogP contribution is -2.41. The highest BCUT2D eigenvalue weighted by Gasteiger charge is 2.48. The van der Waals surface area contributed by atoms with E-state index in [4.69, 9.17) is 18.0 Å². The van der Waals surface area contributed by atoms with Crippen LogP contribution in [0.15, 0.2) is 0 Å². The average molecular weight is 254 g/mol. The fraction of sp³-hybridized carbons (Fsp3) is 0.846. The molecule has 0 saturated heterocycles. The highest BCUT2D eigenvalue weighted by Crippen LogP contribution is 2.54. The average Bonchev–Trinajstić information content (AvgIpc) is 2.91. The number of carbonyl (C=O) groups excluding carboxylic acids is 1. The van der Waals surface area contributed by atoms with Gasteiger partial charge in [0.05, 0.1) is 4.99 Å². The van der Waals surface area contributed by atoms with Gasteiger partial charge in [-0.2, -0.15) is 0 Å². The predicted octanol–water partition coefficient (Wildman–Crippen LogP) is 1.80. The normalized spacial score (nSPS) is 31.8. The molecule has 1 amide bonds. The van der Waals surface area contributed by atoms with Gasteiger partial charge < -0.3 is 10.6 Å². The Morgan fingerprint density at radius 3 is 2.47 bits per heavy atom. The summed E-state index contributed by atoms with van der Waals surface area (Å²) in [4.78, 5) is 14.8. The van der Waals surface area contributed by atoms with Crippen molar-refractivity contribution in [1.82, 2.24) is 4.90 Å². The molecule has 3 nitrogen and oxygen atoms in total. The zero-order valence-corrected chi connectivity index (χ0v) is 11.5. The first-order valence-corrected chi connectivity index (χ1v) is 7.01. The van der Waals surface area contributed by atoms with E-state index >= 15 is 0 Å². The van der Waals surface area contributed by atoms with E-state index in [1.54, 1.807) is 0 Å². The predicted molar refractivity (Wildman–Crippen MR) is 72.5 cm³/mol. The summed E-state index contributed by atoms with van der Waals surface area (Å²) in [6.45, 7) is 5.46. The number of carbonyl (C=O) groups is 1. The number of rotatable bonds is 5. The van der Waals surface area contributed by atoms with Crippen LogP contribution in [0.25, 0.3) is 0 Å². The van der Waals surface area contributed by atoms with Gasteiger partial charge in [-0.1, -0.05) is 19.1 Å². The second-order valence-electron chi connectivity index (χ2n) is 5.60. The Balaban J connectivity index is 1.88. The van der Waals surface area contributed by atoms with Crippen molar-refractivity contribution in [3.05, 3.63) is 0 Å². The number of amides is 1. The van der Waals surface area contributed by atoms with Crippen molar-refractivity contribution < 1.29 is 4.79 Å². The minimum absolute atomic E-state index is 0.116. The molecule has 4 heteroatoms. The first-order chi connectivity index (χ1) is 8.02. The Bertz CT molecular complexity index is 321. The van der Waals surface area contributed by atoms with Crippen molar-refractivity contribution in [2.45, 2.75) is 33.1 Å². The number of hydrogen-bond donors (Lipinski definition) is 1. The molecule has 2 aliphatic rings. The molecule has 0 bridgehead atoms. The fourth-order valence-corrected chi connectivity index (χ4v) is 3.04. The Morgan fingerprint density at radius 2 is 2.00 bits per heavy atom. The van der Waals surface area contributed by atoms with Crippen molar-refractivity contribution >= 4 is 23.1 Å². The third-order valence-electron chi connectivity index (χ3n) is 4.27. The monoisotopic (exact) mass is 254 g/mol. The number of hydrogen-bond acceptors (Lipinski definition) is 2. The molecule has 0 aliphatic heterocycles. The van der Waals surface area contributed by atoms with Crippen molar-refractivity contribution in [3.8, 4) is 0 Å². The van der Waals surface area contributed by atoms with Crippen LogP contribution in [0.4, 0.5) is 0 Å². The van der Waals surface area contributed by atoms with Crippen LogP contribution in [0.1, 0.15) is 33.1 Å². The SMILES string of the molecule is CCN(CC(C)C(N)=S)C(=O)C1CC2CC2C1. The van der Waals surface area contributed by atoms with Crippen LogP contribution in [-0.4, -0.2) is 28.9 Å². The van der Waals surface area contributed by atoms with E-state index in [0.717, 1.165) is 31.2 Å². The second-order valence-corrected chi connectivity index (χ2v) is 6.08. The summed E-state index contributed by atoms with van der Waals surface area (Å²) in [6.07, 6.45) is 3.59. The smallest absolute Gasteiger partial charge is 0.225 e. The summed E-state index contributed by atoms with van der Waals surface area (Å²) >= 11 is 4.97. The number of nitrogens with zero attached hydrogens (tertiary/aromatic N) is 1. The van der Waals surface area contributed by atoms with Crippen LogP contribution in [0.5, 0.6) is 0 Å². The van der Waals surface area contributed by atoms with Crippen molar-refractivity contribution in [3.63, 3.8) is 0 Å². The molecule has 0 aromatic heterocycles. The number of thiocarbonyl (C=S) groups is 1. The largest absolute Gasteiger partial charge is 0.393 e. The molecule has 0 aromatic carbocycles. The van der Waals surface area contributed by atoms with E-state index in [9.17, 15) is 4.79 Å². The molecular weight excluding hydrogens is 232 g/mol. The van der Waals surface area contributed by atoms with E-state index < -0.39 is 0 Å². The third-order valence-corrected chi connectivity index (χ3v) is 4.67. The van der Waals surface area contributed by atoms with Gasteiger partial charge >= 0.3 is 0 Å². The second kappa shape index (κ2) is 4.92. The van der Waals surface area contributed by atoms with Crippen LogP contribution in [-0.2, 0) is 4.79 Å². The number of nitrogens with two attached hydrogens (primary N) is 1. The lowest BCUT2D eigenvalue weighted by atomic mass is 10.0. The van der Waals surface area contributed by atoms with E-state index in [2.05, 4.69) is 0 Å². The van der Waals surface area contributed by atoms with Crippen LogP contribution in [0.2, 0.25) is 0 Å². The van der Waals surface area contributed by atoms with Gasteiger partial charge in [0, 0.05) is 24.9 Å². The lowest BCUT2D eigenvalue weighted by Gasteiger charge is -2.27. The molecule has 3 unspecified atom stereocenters. The molecule has 2 N–H and O–H groups in total. The molecular formula is C13H22N2OS. The highest BCUT2D eigenvalue weighted by atomic mass is 32.1. The van der Waals surface area contributed by atoms with Gasteiger partial charge in [-0.05, 0) is 38.0 Å². The van der Waals surface area contributed by atoms with E-state index in [1.165, 1.54) is 6.42 Å². The molecule has 0 aromatic rings. The van der Waals surface area contributed by atoms with Crippen LogP contribution >= 0.6 is 12.2 Å². The molecule has 0 heterocycles. The van der Waals surface area contributed by atoms with Crippen molar-refractivity contribution in [2.24, 2.45) is 29.4 Å². The topological polar surface area (TPSA) is 46.3 Å². The zero-order chi connectivity index (χ0) is 12.6. The summed E-state index contributed by atoms with van der Waals surface area (Å²) in [5, 5.41) is 0. The maximum absolute atomic E-state index is 12.3. The Labute approximate surface area is 109 Å². The molecule has 0 radical (unpaired) electrons. The van der Waals surface area contributed by atoms with Gasteiger partial charge in [-0.15, -0.1) is 0 Å². The molecule has 96 valence electrons. The van der Waals surface area contributed by atoms with Gasteiger partial charge in [0.2, 0.25) is 5.91 Å². The van der Waals surface area contributed by atoms with Gasteiger partial charge in [-0.25, -0.2) is 0 Å². The van der Waals surface area contributed by atoms with Crippen LogP contribution in [0, 0.1) is 23.7 Å². The van der Waals surface area contributed by atoms with Gasteiger partial charge in [0.25, 0.3) is 0 Å². The Morgan fingerprint density at radius 1 is 1.41 bits per heavy atom. The third kappa shape index (κ3) is 2.79. The van der Waals surface area contributed by atoms with Crippen LogP contribution < -0.4 is 5.73 Å². The summed E-state index contributed by atoms with van der Waals surface area (Å²) in [7, 11) is 0. The summed E-state index contributed by atoms with van der Waals surface area (Å²) in [5.41, 5.74) is 5.62. The maximum Gasteiger partial charge on any atom is 0.225 e. The van der Waals surface area contributed by atoms with Gasteiger partial charge in [0.15, 0.2) is 0 Å². The molecule has 3 atom stereocenters. The Kier molecular flexibility index (Phi) is 3.71. The molecule has 0 spiro atoms. The summed E-state index contributed by atoms with van der Waals surface area (Å²) < 4.78 is 0. The minimum atomic E-state index is 0.116.